The third-order valence-corrected chi connectivity index (χ3v) is 6.03. The number of hydrogen-bond donors (Lipinski definition) is 0. The largest absolute Gasteiger partial charge is 0.336 e. The second-order valence-corrected chi connectivity index (χ2v) is 9.80. The first-order chi connectivity index (χ1) is 13.8. The third-order valence-electron chi connectivity index (χ3n) is 5.77. The topological polar surface area (TPSA) is 41.4 Å². The summed E-state index contributed by atoms with van der Waals surface area (Å²) in [4.78, 5) is 17.8. The quantitative estimate of drug-likeness (QED) is 0.738. The van der Waals surface area contributed by atoms with Gasteiger partial charge in [-0.3, -0.25) is 14.4 Å². The zero-order valence-electron chi connectivity index (χ0n) is 17.7. The molecule has 1 aromatic heterocycles. The molecule has 6 heteroatoms. The molecule has 1 amide bonds. The van der Waals surface area contributed by atoms with E-state index in [1.165, 1.54) is 18.4 Å². The van der Waals surface area contributed by atoms with E-state index in [0.29, 0.717) is 5.92 Å². The molecule has 0 radical (unpaired) electrons. The Balaban J connectivity index is 1.45. The van der Waals surface area contributed by atoms with Crippen LogP contribution in [0.25, 0.3) is 0 Å². The second-order valence-electron chi connectivity index (χ2n) is 9.36. The van der Waals surface area contributed by atoms with Gasteiger partial charge in [-0.1, -0.05) is 23.7 Å². The Bertz CT molecular complexity index is 864. The van der Waals surface area contributed by atoms with Crippen LogP contribution in [0, 0.1) is 0 Å². The molecule has 156 valence electrons. The molecule has 1 aromatic carbocycles. The van der Waals surface area contributed by atoms with Crippen LogP contribution in [0.2, 0.25) is 5.02 Å². The predicted molar refractivity (Wildman–Crippen MR) is 116 cm³/mol. The van der Waals surface area contributed by atoms with Crippen molar-refractivity contribution in [3.8, 4) is 0 Å². The highest BCUT2D eigenvalue weighted by Gasteiger charge is 2.33. The minimum absolute atomic E-state index is 0.118. The van der Waals surface area contributed by atoms with Crippen molar-refractivity contribution in [1.82, 2.24) is 19.6 Å². The molecule has 1 aliphatic carbocycles. The zero-order chi connectivity index (χ0) is 20.6. The lowest BCUT2D eigenvalue weighted by Gasteiger charge is -2.26. The number of carbonyl (C=O) groups excluding carboxylic acids is 1. The average Bonchev–Trinajstić information content (AvgIpc) is 3.46. The average molecular weight is 415 g/mol. The summed E-state index contributed by atoms with van der Waals surface area (Å²) in [6, 6.07) is 10.1. The van der Waals surface area contributed by atoms with Gasteiger partial charge in [0.15, 0.2) is 0 Å². The maximum absolute atomic E-state index is 13.4. The molecule has 1 aliphatic heterocycles. The SMILES string of the molecule is CC(C)(C)n1nc(C2CC2)cc1C(=O)N1CCCN(Cc2ccc(Cl)cc2)CC1. The fourth-order valence-corrected chi connectivity index (χ4v) is 4.11. The van der Waals surface area contributed by atoms with E-state index < -0.39 is 0 Å². The Morgan fingerprint density at radius 2 is 1.83 bits per heavy atom. The molecule has 2 heterocycles. The molecule has 0 spiro atoms. The summed E-state index contributed by atoms with van der Waals surface area (Å²) in [5.74, 6) is 0.664. The van der Waals surface area contributed by atoms with Crippen LogP contribution >= 0.6 is 11.6 Å². The summed E-state index contributed by atoms with van der Waals surface area (Å²) < 4.78 is 1.94. The molecular formula is C23H31ClN4O. The molecule has 4 rings (SSSR count). The van der Waals surface area contributed by atoms with Gasteiger partial charge in [0.25, 0.3) is 5.91 Å². The second kappa shape index (κ2) is 8.11. The van der Waals surface area contributed by atoms with Crippen molar-refractivity contribution >= 4 is 17.5 Å². The number of hydrogen-bond acceptors (Lipinski definition) is 3. The van der Waals surface area contributed by atoms with Crippen LogP contribution in [0.4, 0.5) is 0 Å². The molecule has 29 heavy (non-hydrogen) atoms. The summed E-state index contributed by atoms with van der Waals surface area (Å²) >= 11 is 6.00. The normalized spacial score (nSPS) is 18.7. The van der Waals surface area contributed by atoms with E-state index in [1.807, 2.05) is 27.8 Å². The minimum atomic E-state index is -0.204. The first kappa shape index (κ1) is 20.4. The summed E-state index contributed by atoms with van der Waals surface area (Å²) in [7, 11) is 0. The van der Waals surface area contributed by atoms with E-state index in [2.05, 4.69) is 37.8 Å². The van der Waals surface area contributed by atoms with Crippen molar-refractivity contribution in [3.05, 3.63) is 52.3 Å². The zero-order valence-corrected chi connectivity index (χ0v) is 18.5. The van der Waals surface area contributed by atoms with E-state index in [9.17, 15) is 4.79 Å². The number of nitrogens with zero attached hydrogens (tertiary/aromatic N) is 4. The van der Waals surface area contributed by atoms with Crippen LogP contribution < -0.4 is 0 Å². The van der Waals surface area contributed by atoms with Crippen LogP contribution in [-0.4, -0.2) is 51.7 Å². The molecule has 0 bridgehead atoms. The van der Waals surface area contributed by atoms with Crippen LogP contribution in [-0.2, 0) is 12.1 Å². The van der Waals surface area contributed by atoms with E-state index >= 15 is 0 Å². The smallest absolute Gasteiger partial charge is 0.272 e. The molecule has 2 aromatic rings. The molecule has 5 nitrogen and oxygen atoms in total. The lowest BCUT2D eigenvalue weighted by atomic mass is 10.1. The summed E-state index contributed by atoms with van der Waals surface area (Å²) in [6.45, 7) is 10.7. The Kier molecular flexibility index (Phi) is 5.71. The van der Waals surface area contributed by atoms with Crippen LogP contribution in [0.3, 0.4) is 0 Å². The first-order valence-corrected chi connectivity index (χ1v) is 11.1. The molecule has 2 aliphatic rings. The van der Waals surface area contributed by atoms with Crippen LogP contribution in [0.15, 0.2) is 30.3 Å². The van der Waals surface area contributed by atoms with Gasteiger partial charge in [-0.25, -0.2) is 0 Å². The highest BCUT2D eigenvalue weighted by molar-refractivity contribution is 6.30. The van der Waals surface area contributed by atoms with Gasteiger partial charge in [0, 0.05) is 43.7 Å². The van der Waals surface area contributed by atoms with Crippen molar-refractivity contribution in [2.75, 3.05) is 26.2 Å². The molecule has 0 unspecified atom stereocenters. The molecular weight excluding hydrogens is 384 g/mol. The van der Waals surface area contributed by atoms with Crippen molar-refractivity contribution in [2.45, 2.75) is 58.0 Å². The van der Waals surface area contributed by atoms with Gasteiger partial charge in [-0.2, -0.15) is 5.10 Å². The Hall–Kier alpha value is -1.85. The molecule has 0 N–H and O–H groups in total. The molecule has 1 saturated heterocycles. The predicted octanol–water partition coefficient (Wildman–Crippen LogP) is 4.52. The molecule has 2 fully saturated rings. The van der Waals surface area contributed by atoms with Gasteiger partial charge in [0.05, 0.1) is 11.2 Å². The van der Waals surface area contributed by atoms with Crippen molar-refractivity contribution < 1.29 is 4.79 Å². The fourth-order valence-electron chi connectivity index (χ4n) is 3.98. The molecule has 1 saturated carbocycles. The van der Waals surface area contributed by atoms with Gasteiger partial charge in [0.2, 0.25) is 0 Å². The van der Waals surface area contributed by atoms with Gasteiger partial charge in [-0.15, -0.1) is 0 Å². The monoisotopic (exact) mass is 414 g/mol. The standard InChI is InChI=1S/C23H31ClN4O/c1-23(2,3)28-21(15-20(25-28)18-7-8-18)22(29)27-12-4-11-26(13-14-27)16-17-5-9-19(24)10-6-17/h5-6,9-10,15,18H,4,7-8,11-14,16H2,1-3H3. The number of halogens is 1. The summed E-state index contributed by atoms with van der Waals surface area (Å²) in [5.41, 5.74) is 2.88. The van der Waals surface area contributed by atoms with Crippen molar-refractivity contribution in [1.29, 1.82) is 0 Å². The van der Waals surface area contributed by atoms with Gasteiger partial charge >= 0.3 is 0 Å². The first-order valence-electron chi connectivity index (χ1n) is 10.7. The van der Waals surface area contributed by atoms with E-state index in [1.54, 1.807) is 0 Å². The lowest BCUT2D eigenvalue weighted by molar-refractivity contribution is 0.0740. The number of rotatable bonds is 4. The number of carbonyl (C=O) groups is 1. The Morgan fingerprint density at radius 1 is 1.10 bits per heavy atom. The maximum atomic E-state index is 13.4. The maximum Gasteiger partial charge on any atom is 0.272 e. The summed E-state index contributed by atoms with van der Waals surface area (Å²) in [5, 5.41) is 5.57. The Labute approximate surface area is 178 Å². The van der Waals surface area contributed by atoms with Gasteiger partial charge in [-0.05, 0) is 63.8 Å². The van der Waals surface area contributed by atoms with E-state index in [4.69, 9.17) is 16.7 Å². The molecule has 0 atom stereocenters. The van der Waals surface area contributed by atoms with E-state index in [0.717, 1.165) is 55.6 Å². The Morgan fingerprint density at radius 3 is 2.48 bits per heavy atom. The van der Waals surface area contributed by atoms with Gasteiger partial charge in [0.1, 0.15) is 5.69 Å². The van der Waals surface area contributed by atoms with Crippen LogP contribution in [0.1, 0.15) is 67.7 Å². The minimum Gasteiger partial charge on any atom is -0.336 e. The van der Waals surface area contributed by atoms with Crippen molar-refractivity contribution in [3.63, 3.8) is 0 Å². The number of benzene rings is 1. The highest BCUT2D eigenvalue weighted by Crippen LogP contribution is 2.40. The lowest BCUT2D eigenvalue weighted by Crippen LogP contribution is -2.38. The van der Waals surface area contributed by atoms with Crippen molar-refractivity contribution in [2.24, 2.45) is 0 Å². The van der Waals surface area contributed by atoms with Gasteiger partial charge < -0.3 is 4.90 Å². The third kappa shape index (κ3) is 4.84. The number of amides is 1. The van der Waals surface area contributed by atoms with Crippen LogP contribution in [0.5, 0.6) is 0 Å². The number of aromatic nitrogens is 2. The fraction of sp³-hybridized carbons (Fsp3) is 0.565. The van der Waals surface area contributed by atoms with E-state index in [-0.39, 0.29) is 11.4 Å². The highest BCUT2D eigenvalue weighted by atomic mass is 35.5. The summed E-state index contributed by atoms with van der Waals surface area (Å²) in [6.07, 6.45) is 3.37.